The first kappa shape index (κ1) is 16.5. The van der Waals surface area contributed by atoms with E-state index in [0.717, 1.165) is 33.2 Å². The van der Waals surface area contributed by atoms with Crippen molar-refractivity contribution in [3.63, 3.8) is 0 Å². The SMILES string of the molecule is Cc1csc2nc(-c3ccc(NC(=O)Cc4ccc(F)cc4)cc3)cn12. The molecule has 4 nitrogen and oxygen atoms in total. The van der Waals surface area contributed by atoms with Crippen molar-refractivity contribution in [3.8, 4) is 11.3 Å². The molecule has 0 radical (unpaired) electrons. The van der Waals surface area contributed by atoms with Crippen LogP contribution in [-0.4, -0.2) is 15.3 Å². The van der Waals surface area contributed by atoms with Gasteiger partial charge in [0.05, 0.1) is 12.1 Å². The Morgan fingerprint density at radius 1 is 1.15 bits per heavy atom. The summed E-state index contributed by atoms with van der Waals surface area (Å²) in [7, 11) is 0. The van der Waals surface area contributed by atoms with Crippen LogP contribution >= 0.6 is 11.3 Å². The van der Waals surface area contributed by atoms with E-state index in [1.165, 1.54) is 12.1 Å². The molecule has 26 heavy (non-hydrogen) atoms. The highest BCUT2D eigenvalue weighted by Gasteiger charge is 2.08. The summed E-state index contributed by atoms with van der Waals surface area (Å²) in [5, 5.41) is 4.93. The van der Waals surface area contributed by atoms with Crippen LogP contribution in [0.1, 0.15) is 11.3 Å². The van der Waals surface area contributed by atoms with Crippen molar-refractivity contribution in [3.05, 3.63) is 77.2 Å². The van der Waals surface area contributed by atoms with Crippen LogP contribution in [0.3, 0.4) is 0 Å². The van der Waals surface area contributed by atoms with E-state index in [-0.39, 0.29) is 18.1 Å². The lowest BCUT2D eigenvalue weighted by Gasteiger charge is -2.06. The van der Waals surface area contributed by atoms with E-state index in [2.05, 4.69) is 27.0 Å². The maximum absolute atomic E-state index is 12.9. The largest absolute Gasteiger partial charge is 0.326 e. The molecule has 1 N–H and O–H groups in total. The molecule has 0 spiro atoms. The third-order valence-corrected chi connectivity index (χ3v) is 5.09. The van der Waals surface area contributed by atoms with Crippen molar-refractivity contribution in [1.82, 2.24) is 9.38 Å². The lowest BCUT2D eigenvalue weighted by atomic mass is 10.1. The molecule has 0 unspecified atom stereocenters. The van der Waals surface area contributed by atoms with Gasteiger partial charge in [0.1, 0.15) is 5.82 Å². The van der Waals surface area contributed by atoms with Crippen LogP contribution in [0.5, 0.6) is 0 Å². The fourth-order valence-corrected chi connectivity index (χ4v) is 3.60. The summed E-state index contributed by atoms with van der Waals surface area (Å²) in [6.07, 6.45) is 2.22. The van der Waals surface area contributed by atoms with Gasteiger partial charge in [-0.15, -0.1) is 11.3 Å². The number of nitrogens with one attached hydrogen (secondary N) is 1. The van der Waals surface area contributed by atoms with Gasteiger partial charge in [0.25, 0.3) is 0 Å². The van der Waals surface area contributed by atoms with E-state index in [0.29, 0.717) is 0 Å². The fourth-order valence-electron chi connectivity index (χ4n) is 2.75. The average Bonchev–Trinajstić information content (AvgIpc) is 3.20. The lowest BCUT2D eigenvalue weighted by Crippen LogP contribution is -2.14. The zero-order valence-electron chi connectivity index (χ0n) is 14.1. The zero-order chi connectivity index (χ0) is 18.1. The number of thiazole rings is 1. The van der Waals surface area contributed by atoms with Gasteiger partial charge >= 0.3 is 0 Å². The van der Waals surface area contributed by atoms with E-state index in [9.17, 15) is 9.18 Å². The first-order valence-corrected chi connectivity index (χ1v) is 9.04. The molecular weight excluding hydrogens is 349 g/mol. The molecule has 1 amide bonds. The van der Waals surface area contributed by atoms with Crippen molar-refractivity contribution in [1.29, 1.82) is 0 Å². The summed E-state index contributed by atoms with van der Waals surface area (Å²) in [6, 6.07) is 13.5. The molecule has 0 aliphatic carbocycles. The number of amides is 1. The Morgan fingerprint density at radius 2 is 1.88 bits per heavy atom. The van der Waals surface area contributed by atoms with Gasteiger partial charge in [0.15, 0.2) is 4.96 Å². The molecule has 2 heterocycles. The number of hydrogen-bond donors (Lipinski definition) is 1. The number of fused-ring (bicyclic) bond motifs is 1. The molecule has 0 saturated carbocycles. The van der Waals surface area contributed by atoms with Gasteiger partial charge in [-0.3, -0.25) is 9.20 Å². The Hall–Kier alpha value is -2.99. The summed E-state index contributed by atoms with van der Waals surface area (Å²) < 4.78 is 15.0. The van der Waals surface area contributed by atoms with Crippen LogP contribution < -0.4 is 5.32 Å². The third-order valence-electron chi connectivity index (χ3n) is 4.13. The minimum Gasteiger partial charge on any atom is -0.326 e. The average molecular weight is 365 g/mol. The van der Waals surface area contributed by atoms with Crippen molar-refractivity contribution in [2.24, 2.45) is 0 Å². The Balaban J connectivity index is 1.45. The summed E-state index contributed by atoms with van der Waals surface area (Å²) >= 11 is 1.61. The second-order valence-electron chi connectivity index (χ2n) is 6.08. The molecule has 0 bridgehead atoms. The number of rotatable bonds is 4. The van der Waals surface area contributed by atoms with Gasteiger partial charge in [-0.25, -0.2) is 9.37 Å². The topological polar surface area (TPSA) is 46.4 Å². The van der Waals surface area contributed by atoms with Crippen LogP contribution in [0.25, 0.3) is 16.2 Å². The van der Waals surface area contributed by atoms with E-state index in [1.54, 1.807) is 23.5 Å². The minimum absolute atomic E-state index is 0.137. The van der Waals surface area contributed by atoms with Crippen LogP contribution in [0.2, 0.25) is 0 Å². The Bertz CT molecular complexity index is 1060. The molecule has 0 atom stereocenters. The van der Waals surface area contributed by atoms with E-state index < -0.39 is 0 Å². The highest BCUT2D eigenvalue weighted by Crippen LogP contribution is 2.24. The smallest absolute Gasteiger partial charge is 0.228 e. The summed E-state index contributed by atoms with van der Waals surface area (Å²) in [5.74, 6) is -0.443. The highest BCUT2D eigenvalue weighted by molar-refractivity contribution is 7.15. The van der Waals surface area contributed by atoms with Crippen LogP contribution in [0.4, 0.5) is 10.1 Å². The highest BCUT2D eigenvalue weighted by atomic mass is 32.1. The van der Waals surface area contributed by atoms with Gasteiger partial charge in [-0.05, 0) is 36.8 Å². The maximum Gasteiger partial charge on any atom is 0.228 e. The summed E-state index contributed by atoms with van der Waals surface area (Å²) in [6.45, 7) is 2.05. The first-order valence-electron chi connectivity index (χ1n) is 8.16. The molecule has 4 aromatic rings. The molecule has 0 saturated heterocycles. The van der Waals surface area contributed by atoms with Crippen molar-refractivity contribution >= 4 is 27.9 Å². The molecule has 2 aromatic carbocycles. The van der Waals surface area contributed by atoms with E-state index in [1.807, 2.05) is 30.5 Å². The predicted octanol–water partition coefficient (Wildman–Crippen LogP) is 4.69. The van der Waals surface area contributed by atoms with Gasteiger partial charge in [-0.2, -0.15) is 0 Å². The summed E-state index contributed by atoms with van der Waals surface area (Å²) in [5.41, 5.74) is 4.56. The number of aryl methyl sites for hydroxylation is 1. The molecule has 130 valence electrons. The Morgan fingerprint density at radius 3 is 2.58 bits per heavy atom. The standard InChI is InChI=1S/C20H16FN3OS/c1-13-12-26-20-23-18(11-24(13)20)15-4-8-17(9-5-15)22-19(25)10-14-2-6-16(21)7-3-14/h2-9,11-12H,10H2,1H3,(H,22,25). The quantitative estimate of drug-likeness (QED) is 0.570. The van der Waals surface area contributed by atoms with Gasteiger partial charge in [0, 0.05) is 28.5 Å². The van der Waals surface area contributed by atoms with Crippen molar-refractivity contribution < 1.29 is 9.18 Å². The minimum atomic E-state index is -0.306. The second-order valence-corrected chi connectivity index (χ2v) is 6.92. The molecule has 0 fully saturated rings. The van der Waals surface area contributed by atoms with Gasteiger partial charge in [-0.1, -0.05) is 24.3 Å². The normalized spacial score (nSPS) is 11.0. The lowest BCUT2D eigenvalue weighted by molar-refractivity contribution is -0.115. The molecule has 0 aliphatic heterocycles. The monoisotopic (exact) mass is 365 g/mol. The summed E-state index contributed by atoms with van der Waals surface area (Å²) in [4.78, 5) is 17.7. The predicted molar refractivity (Wildman–Crippen MR) is 102 cm³/mol. The number of nitrogens with zero attached hydrogens (tertiary/aromatic N) is 2. The molecule has 6 heteroatoms. The van der Waals surface area contributed by atoms with Crippen LogP contribution in [0, 0.1) is 12.7 Å². The number of imidazole rings is 1. The Kier molecular flexibility index (Phi) is 4.26. The molecule has 2 aromatic heterocycles. The van der Waals surface area contributed by atoms with E-state index in [4.69, 9.17) is 0 Å². The van der Waals surface area contributed by atoms with Crippen molar-refractivity contribution in [2.75, 3.05) is 5.32 Å². The number of halogens is 1. The number of anilines is 1. The zero-order valence-corrected chi connectivity index (χ0v) is 14.9. The van der Waals surface area contributed by atoms with E-state index >= 15 is 0 Å². The fraction of sp³-hybridized carbons (Fsp3) is 0.100. The number of carbonyl (C=O) groups is 1. The molecule has 4 rings (SSSR count). The maximum atomic E-state index is 12.9. The number of aromatic nitrogens is 2. The van der Waals surface area contributed by atoms with Crippen LogP contribution in [0.15, 0.2) is 60.1 Å². The number of hydrogen-bond acceptors (Lipinski definition) is 3. The number of benzene rings is 2. The van der Waals surface area contributed by atoms with Crippen LogP contribution in [-0.2, 0) is 11.2 Å². The number of carbonyl (C=O) groups excluding carboxylic acids is 1. The van der Waals surface area contributed by atoms with Gasteiger partial charge < -0.3 is 5.32 Å². The molecular formula is C20H16FN3OS. The Labute approximate surface area is 153 Å². The van der Waals surface area contributed by atoms with Gasteiger partial charge in [0.2, 0.25) is 5.91 Å². The van der Waals surface area contributed by atoms with Crippen molar-refractivity contribution in [2.45, 2.75) is 13.3 Å². The second kappa shape index (κ2) is 6.72. The first-order chi connectivity index (χ1) is 12.6. The molecule has 0 aliphatic rings. The third kappa shape index (κ3) is 3.36.